The number of aliphatic hydroxyl groups is 1. The van der Waals surface area contributed by atoms with Crippen LogP contribution in [-0.2, 0) is 4.74 Å². The molecule has 0 radical (unpaired) electrons. The molecule has 1 heterocycles. The first-order valence-corrected chi connectivity index (χ1v) is 7.96. The molecular formula is C15H23BrN2O2. The SMILES string of the molecule is CCN1CCO[C@@H](CNC[C@H](O)c2ccc(Br)cc2)C1. The predicted octanol–water partition coefficient (Wildman–Crippen LogP) is 1.79. The van der Waals surface area contributed by atoms with Crippen molar-refractivity contribution in [2.45, 2.75) is 19.1 Å². The van der Waals surface area contributed by atoms with E-state index in [1.807, 2.05) is 24.3 Å². The zero-order valence-corrected chi connectivity index (χ0v) is 13.5. The fourth-order valence-electron chi connectivity index (χ4n) is 2.37. The zero-order valence-electron chi connectivity index (χ0n) is 11.9. The van der Waals surface area contributed by atoms with Gasteiger partial charge in [-0.05, 0) is 24.2 Å². The molecule has 0 amide bonds. The van der Waals surface area contributed by atoms with Crippen LogP contribution < -0.4 is 5.32 Å². The Balaban J connectivity index is 1.71. The van der Waals surface area contributed by atoms with Gasteiger partial charge in [-0.25, -0.2) is 0 Å². The fraction of sp³-hybridized carbons (Fsp3) is 0.600. The number of likely N-dealkylation sites (N-methyl/N-ethyl adjacent to an activating group) is 1. The molecule has 0 aliphatic carbocycles. The standard InChI is InChI=1S/C15H23BrN2O2/c1-2-18-7-8-20-14(11-18)9-17-10-15(19)12-3-5-13(16)6-4-12/h3-6,14-15,17,19H,2,7-11H2,1H3/t14-,15-/m0/s1. The van der Waals surface area contributed by atoms with Crippen LogP contribution in [0.5, 0.6) is 0 Å². The molecule has 2 rings (SSSR count). The summed E-state index contributed by atoms with van der Waals surface area (Å²) in [5.74, 6) is 0. The van der Waals surface area contributed by atoms with Crippen molar-refractivity contribution in [3.63, 3.8) is 0 Å². The summed E-state index contributed by atoms with van der Waals surface area (Å²) in [6, 6.07) is 7.77. The van der Waals surface area contributed by atoms with E-state index in [4.69, 9.17) is 4.74 Å². The Bertz CT molecular complexity index is 399. The minimum Gasteiger partial charge on any atom is -0.387 e. The monoisotopic (exact) mass is 342 g/mol. The van der Waals surface area contributed by atoms with Crippen LogP contribution in [0, 0.1) is 0 Å². The summed E-state index contributed by atoms with van der Waals surface area (Å²) in [5, 5.41) is 13.4. The predicted molar refractivity (Wildman–Crippen MR) is 83.8 cm³/mol. The Labute approximate surface area is 129 Å². The molecule has 4 nitrogen and oxygen atoms in total. The van der Waals surface area contributed by atoms with Gasteiger partial charge in [0, 0.05) is 30.7 Å². The van der Waals surface area contributed by atoms with Crippen LogP contribution in [0.4, 0.5) is 0 Å². The molecule has 1 aliphatic rings. The van der Waals surface area contributed by atoms with Crippen molar-refractivity contribution in [3.05, 3.63) is 34.3 Å². The maximum atomic E-state index is 10.1. The van der Waals surface area contributed by atoms with Crippen LogP contribution >= 0.6 is 15.9 Å². The second-order valence-electron chi connectivity index (χ2n) is 5.11. The average molecular weight is 343 g/mol. The third-order valence-electron chi connectivity index (χ3n) is 3.63. The van der Waals surface area contributed by atoms with Crippen LogP contribution in [0.3, 0.4) is 0 Å². The smallest absolute Gasteiger partial charge is 0.0914 e. The van der Waals surface area contributed by atoms with E-state index in [1.54, 1.807) is 0 Å². The van der Waals surface area contributed by atoms with Gasteiger partial charge in [0.2, 0.25) is 0 Å². The Morgan fingerprint density at radius 3 is 2.90 bits per heavy atom. The molecule has 0 saturated carbocycles. The highest BCUT2D eigenvalue weighted by molar-refractivity contribution is 9.10. The van der Waals surface area contributed by atoms with Crippen LogP contribution in [0.15, 0.2) is 28.7 Å². The molecule has 2 N–H and O–H groups in total. The van der Waals surface area contributed by atoms with Crippen LogP contribution in [-0.4, -0.2) is 55.4 Å². The molecular weight excluding hydrogens is 320 g/mol. The lowest BCUT2D eigenvalue weighted by Crippen LogP contribution is -2.46. The number of aliphatic hydroxyl groups excluding tert-OH is 1. The van der Waals surface area contributed by atoms with Gasteiger partial charge in [-0.1, -0.05) is 35.0 Å². The zero-order chi connectivity index (χ0) is 14.4. The third-order valence-corrected chi connectivity index (χ3v) is 4.16. The highest BCUT2D eigenvalue weighted by atomic mass is 79.9. The molecule has 1 aliphatic heterocycles. The first kappa shape index (κ1) is 15.9. The molecule has 1 fully saturated rings. The van der Waals surface area contributed by atoms with Gasteiger partial charge in [0.1, 0.15) is 0 Å². The van der Waals surface area contributed by atoms with E-state index >= 15 is 0 Å². The Hall–Kier alpha value is -0.460. The normalized spacial score (nSPS) is 21.9. The van der Waals surface area contributed by atoms with Gasteiger partial charge in [0.25, 0.3) is 0 Å². The van der Waals surface area contributed by atoms with Gasteiger partial charge in [-0.2, -0.15) is 0 Å². The molecule has 0 aromatic heterocycles. The molecule has 1 aromatic carbocycles. The van der Waals surface area contributed by atoms with Gasteiger partial charge in [-0.15, -0.1) is 0 Å². The molecule has 0 unspecified atom stereocenters. The first-order chi connectivity index (χ1) is 9.69. The molecule has 112 valence electrons. The summed E-state index contributed by atoms with van der Waals surface area (Å²) >= 11 is 3.39. The number of halogens is 1. The van der Waals surface area contributed by atoms with E-state index in [2.05, 4.69) is 33.1 Å². The van der Waals surface area contributed by atoms with E-state index in [0.29, 0.717) is 6.54 Å². The number of rotatable bonds is 6. The lowest BCUT2D eigenvalue weighted by atomic mass is 10.1. The van der Waals surface area contributed by atoms with Crippen LogP contribution in [0.2, 0.25) is 0 Å². The second kappa shape index (κ2) is 8.10. The maximum Gasteiger partial charge on any atom is 0.0914 e. The maximum absolute atomic E-state index is 10.1. The lowest BCUT2D eigenvalue weighted by Gasteiger charge is -2.32. The minimum absolute atomic E-state index is 0.223. The Morgan fingerprint density at radius 2 is 2.20 bits per heavy atom. The molecule has 5 heteroatoms. The average Bonchev–Trinajstić information content (AvgIpc) is 2.48. The van der Waals surface area contributed by atoms with Crippen molar-refractivity contribution >= 4 is 15.9 Å². The second-order valence-corrected chi connectivity index (χ2v) is 6.03. The van der Waals surface area contributed by atoms with E-state index in [-0.39, 0.29) is 6.10 Å². The van der Waals surface area contributed by atoms with E-state index in [1.165, 1.54) is 0 Å². The highest BCUT2D eigenvalue weighted by Gasteiger charge is 2.19. The number of hydrogen-bond acceptors (Lipinski definition) is 4. The first-order valence-electron chi connectivity index (χ1n) is 7.17. The quantitative estimate of drug-likeness (QED) is 0.827. The largest absolute Gasteiger partial charge is 0.387 e. The molecule has 0 spiro atoms. The van der Waals surface area contributed by atoms with E-state index in [0.717, 1.165) is 42.8 Å². The summed E-state index contributed by atoms with van der Waals surface area (Å²) in [6.45, 7) is 7.37. The molecule has 1 aromatic rings. The molecule has 2 atom stereocenters. The topological polar surface area (TPSA) is 44.7 Å². The van der Waals surface area contributed by atoms with Crippen LogP contribution in [0.1, 0.15) is 18.6 Å². The summed E-state index contributed by atoms with van der Waals surface area (Å²) in [6.07, 6.45) is -0.255. The summed E-state index contributed by atoms with van der Waals surface area (Å²) < 4.78 is 6.75. The van der Waals surface area contributed by atoms with E-state index in [9.17, 15) is 5.11 Å². The van der Waals surface area contributed by atoms with Crippen molar-refractivity contribution < 1.29 is 9.84 Å². The number of benzene rings is 1. The third kappa shape index (κ3) is 4.82. The Morgan fingerprint density at radius 1 is 1.45 bits per heavy atom. The van der Waals surface area contributed by atoms with Crippen molar-refractivity contribution in [1.82, 2.24) is 10.2 Å². The van der Waals surface area contributed by atoms with Gasteiger partial charge < -0.3 is 15.2 Å². The summed E-state index contributed by atoms with van der Waals surface area (Å²) in [5.41, 5.74) is 0.931. The van der Waals surface area contributed by atoms with Crippen molar-refractivity contribution in [2.24, 2.45) is 0 Å². The number of ether oxygens (including phenoxy) is 1. The number of hydrogen-bond donors (Lipinski definition) is 2. The molecule has 0 bridgehead atoms. The summed E-state index contributed by atoms with van der Waals surface area (Å²) in [4.78, 5) is 2.39. The summed E-state index contributed by atoms with van der Waals surface area (Å²) in [7, 11) is 0. The number of morpholine rings is 1. The number of nitrogens with one attached hydrogen (secondary N) is 1. The van der Waals surface area contributed by atoms with Crippen molar-refractivity contribution in [3.8, 4) is 0 Å². The van der Waals surface area contributed by atoms with Crippen molar-refractivity contribution in [1.29, 1.82) is 0 Å². The minimum atomic E-state index is -0.478. The molecule has 1 saturated heterocycles. The van der Waals surface area contributed by atoms with Gasteiger partial charge in [-0.3, -0.25) is 4.90 Å². The fourth-order valence-corrected chi connectivity index (χ4v) is 2.64. The van der Waals surface area contributed by atoms with Gasteiger partial charge in [0.15, 0.2) is 0 Å². The molecule has 20 heavy (non-hydrogen) atoms. The number of nitrogens with zero attached hydrogens (tertiary/aromatic N) is 1. The highest BCUT2D eigenvalue weighted by Crippen LogP contribution is 2.16. The van der Waals surface area contributed by atoms with Gasteiger partial charge in [0.05, 0.1) is 18.8 Å². The Kier molecular flexibility index (Phi) is 6.45. The van der Waals surface area contributed by atoms with Crippen molar-refractivity contribution in [2.75, 3.05) is 39.3 Å². The van der Waals surface area contributed by atoms with Gasteiger partial charge >= 0.3 is 0 Å². The van der Waals surface area contributed by atoms with E-state index < -0.39 is 6.10 Å². The van der Waals surface area contributed by atoms with Crippen LogP contribution in [0.25, 0.3) is 0 Å². The lowest BCUT2D eigenvalue weighted by molar-refractivity contribution is -0.0262.